The van der Waals surface area contributed by atoms with Gasteiger partial charge in [0.15, 0.2) is 0 Å². The standard InChI is InChI=1S/C23H19N7O3/c31-22(26-27-23(32)19-6-8-20(9-7-19)30-16-25-28-29-30)12-5-17-3-10-21(11-4-17)33-15-18-2-1-13-24-14-18/h1-14,16H,15H2,(H,26,31)(H,27,32)/b12-5+. The number of nitrogens with one attached hydrogen (secondary N) is 2. The van der Waals surface area contributed by atoms with Crippen molar-refractivity contribution in [3.63, 3.8) is 0 Å². The van der Waals surface area contributed by atoms with E-state index < -0.39 is 11.8 Å². The van der Waals surface area contributed by atoms with Gasteiger partial charge in [0.2, 0.25) is 0 Å². The summed E-state index contributed by atoms with van der Waals surface area (Å²) < 4.78 is 7.17. The molecule has 2 heterocycles. The fraction of sp³-hybridized carbons (Fsp3) is 0.0435. The van der Waals surface area contributed by atoms with Gasteiger partial charge in [0.1, 0.15) is 18.7 Å². The number of carbonyl (C=O) groups excluding carboxylic acids is 2. The maximum atomic E-state index is 12.2. The number of amides is 2. The Morgan fingerprint density at radius 1 is 1.00 bits per heavy atom. The van der Waals surface area contributed by atoms with Crippen LogP contribution in [0.1, 0.15) is 21.5 Å². The van der Waals surface area contributed by atoms with Crippen LogP contribution in [0.5, 0.6) is 5.75 Å². The first kappa shape index (κ1) is 21.4. The Labute approximate surface area is 188 Å². The van der Waals surface area contributed by atoms with Gasteiger partial charge in [-0.2, -0.15) is 0 Å². The Bertz CT molecular complexity index is 1220. The van der Waals surface area contributed by atoms with E-state index in [-0.39, 0.29) is 0 Å². The molecule has 2 aromatic heterocycles. The molecular weight excluding hydrogens is 422 g/mol. The molecule has 4 rings (SSSR count). The minimum atomic E-state index is -0.467. The van der Waals surface area contributed by atoms with Gasteiger partial charge >= 0.3 is 0 Å². The van der Waals surface area contributed by atoms with Gasteiger partial charge in [-0.25, -0.2) is 4.68 Å². The molecular formula is C23H19N7O3. The number of carbonyl (C=O) groups is 2. The number of hydrogen-bond donors (Lipinski definition) is 2. The molecule has 0 fully saturated rings. The number of tetrazole rings is 1. The van der Waals surface area contributed by atoms with Crippen molar-refractivity contribution in [1.82, 2.24) is 36.0 Å². The zero-order chi connectivity index (χ0) is 22.9. The number of hydrogen-bond acceptors (Lipinski definition) is 7. The molecule has 0 radical (unpaired) electrons. The largest absolute Gasteiger partial charge is 0.489 e. The van der Waals surface area contributed by atoms with Crippen molar-refractivity contribution in [3.8, 4) is 11.4 Å². The summed E-state index contributed by atoms with van der Waals surface area (Å²) in [6, 6.07) is 17.7. The van der Waals surface area contributed by atoms with Crippen LogP contribution in [-0.2, 0) is 11.4 Å². The molecule has 2 aromatic carbocycles. The van der Waals surface area contributed by atoms with Gasteiger partial charge in [0.25, 0.3) is 11.8 Å². The monoisotopic (exact) mass is 441 g/mol. The molecule has 0 spiro atoms. The summed E-state index contributed by atoms with van der Waals surface area (Å²) in [7, 11) is 0. The van der Waals surface area contributed by atoms with Gasteiger partial charge < -0.3 is 4.74 Å². The number of aromatic nitrogens is 5. The van der Waals surface area contributed by atoms with Crippen LogP contribution in [0.15, 0.2) is 85.5 Å². The highest BCUT2D eigenvalue weighted by atomic mass is 16.5. The number of hydrazine groups is 1. The van der Waals surface area contributed by atoms with Crippen molar-refractivity contribution in [1.29, 1.82) is 0 Å². The lowest BCUT2D eigenvalue weighted by molar-refractivity contribution is -0.117. The maximum absolute atomic E-state index is 12.2. The van der Waals surface area contributed by atoms with Crippen LogP contribution in [0.4, 0.5) is 0 Å². The Morgan fingerprint density at radius 3 is 2.52 bits per heavy atom. The highest BCUT2D eigenvalue weighted by Crippen LogP contribution is 2.15. The molecule has 33 heavy (non-hydrogen) atoms. The van der Waals surface area contributed by atoms with Crippen molar-refractivity contribution < 1.29 is 14.3 Å². The lowest BCUT2D eigenvalue weighted by Gasteiger charge is -2.07. The van der Waals surface area contributed by atoms with Gasteiger partial charge in [0, 0.05) is 29.6 Å². The van der Waals surface area contributed by atoms with Crippen LogP contribution in [0.25, 0.3) is 11.8 Å². The molecule has 0 bridgehead atoms. The van der Waals surface area contributed by atoms with E-state index in [9.17, 15) is 9.59 Å². The maximum Gasteiger partial charge on any atom is 0.269 e. The molecule has 10 heteroatoms. The second-order valence-electron chi connectivity index (χ2n) is 6.80. The first-order valence-electron chi connectivity index (χ1n) is 9.91. The van der Waals surface area contributed by atoms with Gasteiger partial charge in [-0.05, 0) is 64.5 Å². The summed E-state index contributed by atoms with van der Waals surface area (Å²) >= 11 is 0. The molecule has 0 aliphatic carbocycles. The summed E-state index contributed by atoms with van der Waals surface area (Å²) in [5.74, 6) is -0.209. The molecule has 0 saturated heterocycles. The fourth-order valence-corrected chi connectivity index (χ4v) is 2.77. The zero-order valence-electron chi connectivity index (χ0n) is 17.3. The molecule has 0 saturated carbocycles. The quantitative estimate of drug-likeness (QED) is 0.332. The molecule has 164 valence electrons. The topological polar surface area (TPSA) is 124 Å². The molecule has 0 aliphatic rings. The summed E-state index contributed by atoms with van der Waals surface area (Å²) in [4.78, 5) is 28.3. The predicted octanol–water partition coefficient (Wildman–Crippen LogP) is 2.11. The summed E-state index contributed by atoms with van der Waals surface area (Å²) in [6.45, 7) is 0.422. The molecule has 0 atom stereocenters. The molecule has 4 aromatic rings. The van der Waals surface area contributed by atoms with E-state index >= 15 is 0 Å². The molecule has 0 aliphatic heterocycles. The van der Waals surface area contributed by atoms with Crippen molar-refractivity contribution >= 4 is 17.9 Å². The first-order chi connectivity index (χ1) is 16.2. The van der Waals surface area contributed by atoms with Crippen molar-refractivity contribution in [2.75, 3.05) is 0 Å². The van der Waals surface area contributed by atoms with Crippen molar-refractivity contribution in [2.24, 2.45) is 0 Å². The van der Waals surface area contributed by atoms with Gasteiger partial charge in [-0.1, -0.05) is 18.2 Å². The highest BCUT2D eigenvalue weighted by molar-refractivity contribution is 5.98. The number of pyridine rings is 1. The third kappa shape index (κ3) is 6.07. The van der Waals surface area contributed by atoms with E-state index in [1.165, 1.54) is 17.1 Å². The Balaban J connectivity index is 1.23. The Hall–Kier alpha value is -4.86. The number of nitrogens with zero attached hydrogens (tertiary/aromatic N) is 5. The van der Waals surface area contributed by atoms with Crippen LogP contribution < -0.4 is 15.6 Å². The average molecular weight is 441 g/mol. The minimum Gasteiger partial charge on any atom is -0.489 e. The minimum absolute atomic E-state index is 0.373. The van der Waals surface area contributed by atoms with Gasteiger partial charge in [-0.15, -0.1) is 5.10 Å². The third-order valence-electron chi connectivity index (χ3n) is 4.48. The van der Waals surface area contributed by atoms with Crippen molar-refractivity contribution in [2.45, 2.75) is 6.61 Å². The Kier molecular flexibility index (Phi) is 6.76. The summed E-state index contributed by atoms with van der Waals surface area (Å²) in [5, 5.41) is 10.9. The van der Waals surface area contributed by atoms with Crippen molar-refractivity contribution in [3.05, 3.63) is 102 Å². The van der Waals surface area contributed by atoms with E-state index in [1.807, 2.05) is 36.4 Å². The Morgan fingerprint density at radius 2 is 1.82 bits per heavy atom. The third-order valence-corrected chi connectivity index (χ3v) is 4.48. The van der Waals surface area contributed by atoms with Crippen LogP contribution in [0.2, 0.25) is 0 Å². The van der Waals surface area contributed by atoms with Gasteiger partial charge in [-0.3, -0.25) is 25.4 Å². The van der Waals surface area contributed by atoms with Crippen LogP contribution in [0.3, 0.4) is 0 Å². The number of rotatable bonds is 7. The lowest BCUT2D eigenvalue weighted by Crippen LogP contribution is -2.40. The molecule has 10 nitrogen and oxygen atoms in total. The zero-order valence-corrected chi connectivity index (χ0v) is 17.3. The normalized spacial score (nSPS) is 10.7. The van der Waals surface area contributed by atoms with Crippen LogP contribution in [-0.4, -0.2) is 37.0 Å². The van der Waals surface area contributed by atoms with Crippen LogP contribution in [0, 0.1) is 0 Å². The SMILES string of the molecule is O=C(/C=C/c1ccc(OCc2cccnc2)cc1)NNC(=O)c1ccc(-n2cnnn2)cc1. The van der Waals surface area contributed by atoms with E-state index in [2.05, 4.69) is 31.4 Å². The first-order valence-corrected chi connectivity index (χ1v) is 9.91. The lowest BCUT2D eigenvalue weighted by atomic mass is 10.2. The predicted molar refractivity (Wildman–Crippen MR) is 119 cm³/mol. The smallest absolute Gasteiger partial charge is 0.269 e. The summed E-state index contributed by atoms with van der Waals surface area (Å²) in [6.07, 6.45) is 7.87. The molecule has 0 unspecified atom stereocenters. The van der Waals surface area contributed by atoms with E-state index in [0.717, 1.165) is 11.1 Å². The van der Waals surface area contributed by atoms with Gasteiger partial charge in [0.05, 0.1) is 5.69 Å². The van der Waals surface area contributed by atoms with E-state index in [0.29, 0.717) is 23.6 Å². The second kappa shape index (κ2) is 10.4. The van der Waals surface area contributed by atoms with Crippen LogP contribution >= 0.6 is 0 Å². The average Bonchev–Trinajstić information content (AvgIpc) is 3.41. The molecule has 2 amide bonds. The summed E-state index contributed by atoms with van der Waals surface area (Å²) in [5.41, 5.74) is 7.58. The van der Waals surface area contributed by atoms with E-state index in [1.54, 1.807) is 42.7 Å². The molecule has 2 N–H and O–H groups in total. The van der Waals surface area contributed by atoms with E-state index in [4.69, 9.17) is 4.74 Å². The second-order valence-corrected chi connectivity index (χ2v) is 6.80. The number of ether oxygens (including phenoxy) is 1. The number of benzene rings is 2. The highest BCUT2D eigenvalue weighted by Gasteiger charge is 2.07. The fourth-order valence-electron chi connectivity index (χ4n) is 2.77.